The van der Waals surface area contributed by atoms with E-state index < -0.39 is 5.54 Å². The lowest BCUT2D eigenvalue weighted by molar-refractivity contribution is -0.114. The van der Waals surface area contributed by atoms with Crippen molar-refractivity contribution in [2.45, 2.75) is 51.2 Å². The van der Waals surface area contributed by atoms with Crippen LogP contribution in [0.3, 0.4) is 0 Å². The van der Waals surface area contributed by atoms with Gasteiger partial charge in [0, 0.05) is 18.9 Å². The minimum atomic E-state index is -0.593. The van der Waals surface area contributed by atoms with Crippen LogP contribution in [0, 0.1) is 13.8 Å². The molecule has 1 saturated carbocycles. The Balaban J connectivity index is 2.02. The summed E-state index contributed by atoms with van der Waals surface area (Å²) in [6.45, 7) is 4.02. The van der Waals surface area contributed by atoms with Crippen LogP contribution in [0.25, 0.3) is 0 Å². The van der Waals surface area contributed by atoms with Crippen molar-refractivity contribution >= 4 is 11.6 Å². The zero-order valence-corrected chi connectivity index (χ0v) is 13.4. The molecule has 0 aromatic heterocycles. The Morgan fingerprint density at radius 1 is 1.27 bits per heavy atom. The summed E-state index contributed by atoms with van der Waals surface area (Å²) < 4.78 is 5.44. The van der Waals surface area contributed by atoms with Crippen molar-refractivity contribution in [1.29, 1.82) is 0 Å². The highest BCUT2D eigenvalue weighted by Gasteiger charge is 2.50. The molecule has 1 N–H and O–H groups in total. The van der Waals surface area contributed by atoms with Gasteiger partial charge in [0.1, 0.15) is 11.3 Å². The second kappa shape index (κ2) is 5.43. The van der Waals surface area contributed by atoms with E-state index in [0.29, 0.717) is 0 Å². The topological polar surface area (TPSA) is 49.8 Å². The fourth-order valence-electron chi connectivity index (χ4n) is 3.74. The first-order valence-corrected chi connectivity index (χ1v) is 7.83. The molecule has 0 radical (unpaired) electrons. The van der Waals surface area contributed by atoms with E-state index in [-0.39, 0.29) is 17.8 Å². The molecule has 0 unspecified atom stereocenters. The Morgan fingerprint density at radius 2 is 1.95 bits per heavy atom. The highest BCUT2D eigenvalue weighted by atomic mass is 16.5. The molecule has 4 heteroatoms. The van der Waals surface area contributed by atoms with E-state index in [4.69, 9.17) is 4.74 Å². The number of anilines is 1. The second-order valence-electron chi connectivity index (χ2n) is 6.46. The van der Waals surface area contributed by atoms with Gasteiger partial charge in [-0.3, -0.25) is 9.69 Å². The van der Waals surface area contributed by atoms with Gasteiger partial charge >= 0.3 is 0 Å². The molecule has 1 amide bonds. The molecular weight excluding hydrogens is 278 g/mol. The average Bonchev–Trinajstić information content (AvgIpc) is 2.73. The van der Waals surface area contributed by atoms with Crippen LogP contribution in [-0.2, 0) is 9.53 Å². The summed E-state index contributed by atoms with van der Waals surface area (Å²) in [5, 5.41) is 10.5. The van der Waals surface area contributed by atoms with Crippen LogP contribution in [0.15, 0.2) is 30.0 Å². The number of carbonyl (C=O) groups excluding carboxylic acids is 1. The summed E-state index contributed by atoms with van der Waals surface area (Å²) in [6.07, 6.45) is 4.76. The van der Waals surface area contributed by atoms with Gasteiger partial charge in [0.15, 0.2) is 0 Å². The summed E-state index contributed by atoms with van der Waals surface area (Å²) in [7, 11) is 1.72. The molecule has 1 aliphatic carbocycles. The third-order valence-corrected chi connectivity index (χ3v) is 5.08. The van der Waals surface area contributed by atoms with Crippen LogP contribution in [0.4, 0.5) is 5.69 Å². The molecule has 1 aromatic rings. The second-order valence-corrected chi connectivity index (χ2v) is 6.46. The molecule has 3 rings (SSSR count). The van der Waals surface area contributed by atoms with Crippen LogP contribution >= 0.6 is 0 Å². The van der Waals surface area contributed by atoms with Gasteiger partial charge in [0.05, 0.1) is 6.10 Å². The quantitative estimate of drug-likeness (QED) is 0.910. The highest BCUT2D eigenvalue weighted by molar-refractivity contribution is 6.07. The van der Waals surface area contributed by atoms with Crippen molar-refractivity contribution in [3.05, 3.63) is 41.2 Å². The molecule has 2 aliphatic rings. The Kier molecular flexibility index (Phi) is 3.73. The van der Waals surface area contributed by atoms with Gasteiger partial charge in [-0.2, -0.15) is 0 Å². The summed E-state index contributed by atoms with van der Waals surface area (Å²) in [5.41, 5.74) is 2.47. The van der Waals surface area contributed by atoms with Gasteiger partial charge in [0.2, 0.25) is 0 Å². The molecule has 1 aromatic carbocycles. The van der Waals surface area contributed by atoms with Gasteiger partial charge < -0.3 is 9.84 Å². The normalized spacial score (nSPS) is 28.3. The van der Waals surface area contributed by atoms with Gasteiger partial charge in [0.25, 0.3) is 5.91 Å². The SMILES string of the molecule is COC1CCC2(CC1)C(O)=CC(=O)N2c1cc(C)ccc1C. The van der Waals surface area contributed by atoms with E-state index >= 15 is 0 Å². The summed E-state index contributed by atoms with van der Waals surface area (Å²) in [4.78, 5) is 14.3. The molecule has 1 fully saturated rings. The molecular formula is C18H23NO3. The fraction of sp³-hybridized carbons (Fsp3) is 0.500. The first kappa shape index (κ1) is 15.1. The molecule has 1 heterocycles. The molecule has 0 atom stereocenters. The van der Waals surface area contributed by atoms with E-state index in [9.17, 15) is 9.90 Å². The number of aliphatic hydroxyl groups excluding tert-OH is 1. The first-order chi connectivity index (χ1) is 10.5. The summed E-state index contributed by atoms with van der Waals surface area (Å²) >= 11 is 0. The number of hydrogen-bond acceptors (Lipinski definition) is 3. The van der Waals surface area contributed by atoms with E-state index in [2.05, 4.69) is 0 Å². The maximum absolute atomic E-state index is 12.5. The zero-order chi connectivity index (χ0) is 15.9. The van der Waals surface area contributed by atoms with Crippen LogP contribution in [-0.4, -0.2) is 29.8 Å². The zero-order valence-electron chi connectivity index (χ0n) is 13.4. The number of nitrogens with zero attached hydrogens (tertiary/aromatic N) is 1. The smallest absolute Gasteiger partial charge is 0.255 e. The lowest BCUT2D eigenvalue weighted by atomic mass is 9.78. The molecule has 4 nitrogen and oxygen atoms in total. The number of aryl methyl sites for hydroxylation is 2. The standard InChI is InChI=1S/C18H23NO3/c1-12-4-5-13(2)15(10-12)19-17(21)11-16(20)18(19)8-6-14(22-3)7-9-18/h4-5,10-11,14,20H,6-9H2,1-3H3. The van der Waals surface area contributed by atoms with Crippen LogP contribution in [0.2, 0.25) is 0 Å². The van der Waals surface area contributed by atoms with Crippen LogP contribution < -0.4 is 4.90 Å². The van der Waals surface area contributed by atoms with E-state index in [1.54, 1.807) is 12.0 Å². The number of hydrogen-bond donors (Lipinski definition) is 1. The molecule has 0 saturated heterocycles. The van der Waals surface area contributed by atoms with Gasteiger partial charge in [-0.1, -0.05) is 12.1 Å². The number of methoxy groups -OCH3 is 1. The lowest BCUT2D eigenvalue weighted by Crippen LogP contribution is -2.52. The summed E-state index contributed by atoms with van der Waals surface area (Å²) in [6, 6.07) is 6.10. The lowest BCUT2D eigenvalue weighted by Gasteiger charge is -2.44. The average molecular weight is 301 g/mol. The van der Waals surface area contributed by atoms with Crippen LogP contribution in [0.1, 0.15) is 36.8 Å². The van der Waals surface area contributed by atoms with E-state index in [1.807, 2.05) is 32.0 Å². The maximum atomic E-state index is 12.5. The summed E-state index contributed by atoms with van der Waals surface area (Å²) in [5.74, 6) is 0.0787. The monoisotopic (exact) mass is 301 g/mol. The third-order valence-electron chi connectivity index (χ3n) is 5.08. The predicted molar refractivity (Wildman–Crippen MR) is 86.1 cm³/mol. The number of amides is 1. The molecule has 1 aliphatic heterocycles. The Hall–Kier alpha value is -1.81. The number of ether oxygens (including phenoxy) is 1. The number of rotatable bonds is 2. The number of carbonyl (C=O) groups is 1. The van der Waals surface area contributed by atoms with Gasteiger partial charge in [-0.05, 0) is 56.7 Å². The fourth-order valence-corrected chi connectivity index (χ4v) is 3.74. The van der Waals surface area contributed by atoms with Crippen molar-refractivity contribution in [2.24, 2.45) is 0 Å². The number of aliphatic hydroxyl groups is 1. The van der Waals surface area contributed by atoms with Crippen molar-refractivity contribution in [3.8, 4) is 0 Å². The molecule has 1 spiro atoms. The van der Waals surface area contributed by atoms with E-state index in [0.717, 1.165) is 42.5 Å². The van der Waals surface area contributed by atoms with Gasteiger partial charge in [-0.25, -0.2) is 0 Å². The number of benzene rings is 1. The largest absolute Gasteiger partial charge is 0.510 e. The predicted octanol–water partition coefficient (Wildman–Crippen LogP) is 3.42. The highest BCUT2D eigenvalue weighted by Crippen LogP contribution is 2.45. The van der Waals surface area contributed by atoms with Gasteiger partial charge in [-0.15, -0.1) is 0 Å². The van der Waals surface area contributed by atoms with E-state index in [1.165, 1.54) is 6.08 Å². The van der Waals surface area contributed by atoms with Crippen molar-refractivity contribution in [1.82, 2.24) is 0 Å². The minimum absolute atomic E-state index is 0.123. The molecule has 118 valence electrons. The first-order valence-electron chi connectivity index (χ1n) is 7.83. The molecule has 22 heavy (non-hydrogen) atoms. The Bertz CT molecular complexity index is 627. The van der Waals surface area contributed by atoms with Crippen molar-refractivity contribution in [3.63, 3.8) is 0 Å². The van der Waals surface area contributed by atoms with Crippen molar-refractivity contribution < 1.29 is 14.6 Å². The maximum Gasteiger partial charge on any atom is 0.255 e. The van der Waals surface area contributed by atoms with Crippen LogP contribution in [0.5, 0.6) is 0 Å². The Morgan fingerprint density at radius 3 is 2.59 bits per heavy atom. The van der Waals surface area contributed by atoms with Crippen molar-refractivity contribution in [2.75, 3.05) is 12.0 Å². The third kappa shape index (κ3) is 2.22. The molecule has 0 bridgehead atoms. The minimum Gasteiger partial charge on any atom is -0.510 e. The Labute approximate surface area is 131 Å².